The number of carboxylic acid groups (broad SMARTS) is 1. The highest BCUT2D eigenvalue weighted by Crippen LogP contribution is 2.31. The highest BCUT2D eigenvalue weighted by Gasteiger charge is 2.39. The van der Waals surface area contributed by atoms with Gasteiger partial charge in [0.15, 0.2) is 0 Å². The van der Waals surface area contributed by atoms with E-state index in [-0.39, 0.29) is 24.4 Å². The van der Waals surface area contributed by atoms with Gasteiger partial charge in [0.2, 0.25) is 5.91 Å². The third kappa shape index (κ3) is 3.78. The predicted molar refractivity (Wildman–Crippen MR) is 74.3 cm³/mol. The molecule has 3 N–H and O–H groups in total. The first-order chi connectivity index (χ1) is 10.1. The lowest BCUT2D eigenvalue weighted by Crippen LogP contribution is -2.42. The van der Waals surface area contributed by atoms with Crippen LogP contribution in [0.1, 0.15) is 31.9 Å². The Morgan fingerprint density at radius 2 is 2.38 bits per heavy atom. The zero-order valence-electron chi connectivity index (χ0n) is 12.1. The van der Waals surface area contributed by atoms with Crippen molar-refractivity contribution in [2.24, 2.45) is 5.41 Å². The molecule has 0 spiro atoms. The molecule has 8 nitrogen and oxygen atoms in total. The molecular formula is C13H21N5O3. The van der Waals surface area contributed by atoms with Gasteiger partial charge in [0, 0.05) is 6.54 Å². The first-order valence-electron chi connectivity index (χ1n) is 7.15. The van der Waals surface area contributed by atoms with Gasteiger partial charge in [0.25, 0.3) is 0 Å². The van der Waals surface area contributed by atoms with E-state index < -0.39 is 5.97 Å². The van der Waals surface area contributed by atoms with Gasteiger partial charge in [-0.3, -0.25) is 9.59 Å². The van der Waals surface area contributed by atoms with E-state index >= 15 is 0 Å². The van der Waals surface area contributed by atoms with E-state index in [9.17, 15) is 9.59 Å². The maximum atomic E-state index is 12.4. The molecular weight excluding hydrogens is 274 g/mol. The van der Waals surface area contributed by atoms with Crippen LogP contribution in [-0.2, 0) is 22.7 Å². The van der Waals surface area contributed by atoms with E-state index in [2.05, 4.69) is 27.9 Å². The summed E-state index contributed by atoms with van der Waals surface area (Å²) in [6.45, 7) is 3.68. The number of aliphatic carboxylic acids is 1. The summed E-state index contributed by atoms with van der Waals surface area (Å²) in [5.41, 5.74) is 0.230. The second-order valence-corrected chi connectivity index (χ2v) is 5.44. The summed E-state index contributed by atoms with van der Waals surface area (Å²) in [4.78, 5) is 23.0. The van der Waals surface area contributed by atoms with E-state index in [1.165, 1.54) is 10.9 Å². The van der Waals surface area contributed by atoms with Crippen molar-refractivity contribution in [2.45, 2.75) is 39.3 Å². The fraction of sp³-hybridized carbons (Fsp3) is 0.692. The van der Waals surface area contributed by atoms with Crippen LogP contribution >= 0.6 is 0 Å². The molecule has 1 aliphatic heterocycles. The fourth-order valence-corrected chi connectivity index (χ4v) is 2.74. The number of carbonyl (C=O) groups excluding carboxylic acids is 1. The van der Waals surface area contributed by atoms with Crippen molar-refractivity contribution in [3.05, 3.63) is 11.9 Å². The van der Waals surface area contributed by atoms with Gasteiger partial charge in [-0.25, -0.2) is 4.68 Å². The molecule has 8 heteroatoms. The molecule has 1 saturated heterocycles. The highest BCUT2D eigenvalue weighted by atomic mass is 16.4. The lowest BCUT2D eigenvalue weighted by atomic mass is 9.81. The molecule has 1 fully saturated rings. The summed E-state index contributed by atoms with van der Waals surface area (Å²) in [6.07, 6.45) is 4.20. The molecule has 0 bridgehead atoms. The molecule has 2 rings (SSSR count). The van der Waals surface area contributed by atoms with Gasteiger partial charge in [-0.1, -0.05) is 18.6 Å². The zero-order chi connectivity index (χ0) is 15.3. The normalized spacial score (nSPS) is 21.4. The Hall–Kier alpha value is -1.96. The van der Waals surface area contributed by atoms with Gasteiger partial charge in [0.05, 0.1) is 18.2 Å². The van der Waals surface area contributed by atoms with E-state index in [0.29, 0.717) is 12.2 Å². The Balaban J connectivity index is 1.91. The molecule has 0 radical (unpaired) electrons. The van der Waals surface area contributed by atoms with E-state index in [1.54, 1.807) is 0 Å². The Morgan fingerprint density at radius 1 is 1.57 bits per heavy atom. The van der Waals surface area contributed by atoms with Crippen LogP contribution in [0.5, 0.6) is 0 Å². The van der Waals surface area contributed by atoms with Crippen molar-refractivity contribution < 1.29 is 14.7 Å². The van der Waals surface area contributed by atoms with Crippen LogP contribution in [0, 0.1) is 5.41 Å². The number of carbonyl (C=O) groups is 2. The summed E-state index contributed by atoms with van der Waals surface area (Å²) in [6, 6.07) is 0. The maximum absolute atomic E-state index is 12.4. The average molecular weight is 295 g/mol. The van der Waals surface area contributed by atoms with E-state index in [1.807, 2.05) is 0 Å². The third-order valence-corrected chi connectivity index (χ3v) is 3.77. The lowest BCUT2D eigenvalue weighted by Gasteiger charge is -2.26. The first kappa shape index (κ1) is 15.4. The summed E-state index contributed by atoms with van der Waals surface area (Å²) >= 11 is 0. The quantitative estimate of drug-likeness (QED) is 0.640. The minimum absolute atomic E-state index is 0.0298. The number of rotatable bonds is 7. The number of hydrogen-bond acceptors (Lipinski definition) is 5. The summed E-state index contributed by atoms with van der Waals surface area (Å²) < 4.78 is 1.24. The molecule has 0 aromatic carbocycles. The van der Waals surface area contributed by atoms with Crippen molar-refractivity contribution in [3.63, 3.8) is 0 Å². The molecule has 2 heterocycles. The molecule has 116 valence electrons. The fourth-order valence-electron chi connectivity index (χ4n) is 2.74. The number of hydrogen-bond donors (Lipinski definition) is 3. The van der Waals surface area contributed by atoms with Crippen LogP contribution in [0.2, 0.25) is 0 Å². The SMILES string of the molecule is CCCC1(C(=O)NCc2cn(CC(=O)O)nn2)CCNC1. The summed E-state index contributed by atoms with van der Waals surface area (Å²) in [5.74, 6) is -0.948. The Morgan fingerprint density at radius 3 is 3.00 bits per heavy atom. The van der Waals surface area contributed by atoms with Crippen LogP contribution in [0.4, 0.5) is 0 Å². The van der Waals surface area contributed by atoms with Crippen molar-refractivity contribution in [1.29, 1.82) is 0 Å². The number of nitrogens with one attached hydrogen (secondary N) is 2. The minimum atomic E-state index is -0.977. The molecule has 1 aromatic rings. The van der Waals surface area contributed by atoms with Gasteiger partial charge < -0.3 is 15.7 Å². The number of aromatic nitrogens is 3. The number of carboxylic acids is 1. The summed E-state index contributed by atoms with van der Waals surface area (Å²) in [5, 5.41) is 22.4. The highest BCUT2D eigenvalue weighted by molar-refractivity contribution is 5.83. The zero-order valence-corrected chi connectivity index (χ0v) is 12.1. The Kier molecular flexibility index (Phi) is 4.89. The molecule has 0 aliphatic carbocycles. The Labute approximate surface area is 122 Å². The molecule has 21 heavy (non-hydrogen) atoms. The van der Waals surface area contributed by atoms with Crippen molar-refractivity contribution in [3.8, 4) is 0 Å². The van der Waals surface area contributed by atoms with E-state index in [4.69, 9.17) is 5.11 Å². The first-order valence-corrected chi connectivity index (χ1v) is 7.15. The van der Waals surface area contributed by atoms with Crippen LogP contribution in [-0.4, -0.2) is 45.1 Å². The van der Waals surface area contributed by atoms with Gasteiger partial charge in [-0.2, -0.15) is 0 Å². The molecule has 0 saturated carbocycles. The molecule has 1 aromatic heterocycles. The Bertz CT molecular complexity index is 508. The van der Waals surface area contributed by atoms with Crippen molar-refractivity contribution in [2.75, 3.05) is 13.1 Å². The predicted octanol–water partition coefficient (Wildman–Crippen LogP) is -0.241. The molecule has 1 unspecified atom stereocenters. The van der Waals surface area contributed by atoms with E-state index in [0.717, 1.165) is 25.8 Å². The molecule has 1 amide bonds. The van der Waals surface area contributed by atoms with Gasteiger partial charge in [-0.05, 0) is 19.4 Å². The maximum Gasteiger partial charge on any atom is 0.325 e. The molecule has 1 atom stereocenters. The number of amides is 1. The minimum Gasteiger partial charge on any atom is -0.480 e. The average Bonchev–Trinajstić information content (AvgIpc) is 3.06. The van der Waals surface area contributed by atoms with Gasteiger partial charge in [-0.15, -0.1) is 5.10 Å². The van der Waals surface area contributed by atoms with Crippen molar-refractivity contribution >= 4 is 11.9 Å². The van der Waals surface area contributed by atoms with Crippen LogP contribution in [0.15, 0.2) is 6.20 Å². The summed E-state index contributed by atoms with van der Waals surface area (Å²) in [7, 11) is 0. The monoisotopic (exact) mass is 295 g/mol. The molecule has 1 aliphatic rings. The van der Waals surface area contributed by atoms with Crippen LogP contribution in [0.25, 0.3) is 0 Å². The van der Waals surface area contributed by atoms with Crippen molar-refractivity contribution in [1.82, 2.24) is 25.6 Å². The lowest BCUT2D eigenvalue weighted by molar-refractivity contribution is -0.138. The smallest absolute Gasteiger partial charge is 0.325 e. The van der Waals surface area contributed by atoms with Crippen LogP contribution in [0.3, 0.4) is 0 Å². The van der Waals surface area contributed by atoms with Crippen LogP contribution < -0.4 is 10.6 Å². The largest absolute Gasteiger partial charge is 0.480 e. The standard InChI is InChI=1S/C13H21N5O3/c1-2-3-13(4-5-14-9-13)12(21)15-6-10-7-18(17-16-10)8-11(19)20/h7,14H,2-6,8-9H2,1H3,(H,15,21)(H,19,20). The second kappa shape index (κ2) is 6.66. The van der Waals surface area contributed by atoms with Gasteiger partial charge in [0.1, 0.15) is 12.2 Å². The number of nitrogens with zero attached hydrogens (tertiary/aromatic N) is 3. The third-order valence-electron chi connectivity index (χ3n) is 3.77. The van der Waals surface area contributed by atoms with Gasteiger partial charge >= 0.3 is 5.97 Å². The topological polar surface area (TPSA) is 109 Å². The second-order valence-electron chi connectivity index (χ2n) is 5.44.